The highest BCUT2D eigenvalue weighted by Gasteiger charge is 2.09. The molecule has 1 aromatic heterocycles. The quantitative estimate of drug-likeness (QED) is 0.906. The standard InChI is InChI=1S/C14H18N2OS/c1-9-11(3)18-14(15-9)16-10(2)12-5-7-13(17-4)8-6-12/h5-8,10H,1-4H3,(H,15,16). The second-order valence-electron chi connectivity index (χ2n) is 4.30. The normalized spacial score (nSPS) is 12.2. The van der Waals surface area contributed by atoms with E-state index in [1.54, 1.807) is 18.4 Å². The monoisotopic (exact) mass is 262 g/mol. The second kappa shape index (κ2) is 5.40. The van der Waals surface area contributed by atoms with Crippen molar-refractivity contribution in [3.8, 4) is 5.75 Å². The van der Waals surface area contributed by atoms with Crippen LogP contribution in [0.1, 0.15) is 29.1 Å². The lowest BCUT2D eigenvalue weighted by Gasteiger charge is -2.13. The molecule has 0 amide bonds. The van der Waals surface area contributed by atoms with E-state index in [0.717, 1.165) is 16.6 Å². The summed E-state index contributed by atoms with van der Waals surface area (Å²) in [7, 11) is 1.68. The summed E-state index contributed by atoms with van der Waals surface area (Å²) in [6, 6.07) is 8.34. The highest BCUT2D eigenvalue weighted by atomic mass is 32.1. The third-order valence-corrected chi connectivity index (χ3v) is 3.99. The first-order chi connectivity index (χ1) is 8.60. The van der Waals surface area contributed by atoms with E-state index in [4.69, 9.17) is 4.74 Å². The van der Waals surface area contributed by atoms with Gasteiger partial charge in [0.25, 0.3) is 0 Å². The molecule has 0 radical (unpaired) electrons. The molecule has 0 bridgehead atoms. The fourth-order valence-corrected chi connectivity index (χ4v) is 2.60. The Labute approximate surface area is 112 Å². The Morgan fingerprint density at radius 2 is 1.89 bits per heavy atom. The predicted molar refractivity (Wildman–Crippen MR) is 76.6 cm³/mol. The maximum atomic E-state index is 5.16. The summed E-state index contributed by atoms with van der Waals surface area (Å²) < 4.78 is 5.16. The Morgan fingerprint density at radius 3 is 2.39 bits per heavy atom. The number of hydrogen-bond acceptors (Lipinski definition) is 4. The molecule has 18 heavy (non-hydrogen) atoms. The Hall–Kier alpha value is -1.55. The van der Waals surface area contributed by atoms with Gasteiger partial charge in [-0.2, -0.15) is 0 Å². The van der Waals surface area contributed by atoms with Crippen molar-refractivity contribution >= 4 is 16.5 Å². The largest absolute Gasteiger partial charge is 0.497 e. The average Bonchev–Trinajstić information content (AvgIpc) is 2.68. The Morgan fingerprint density at radius 1 is 1.22 bits per heavy atom. The van der Waals surface area contributed by atoms with Crippen LogP contribution in [-0.2, 0) is 0 Å². The predicted octanol–water partition coefficient (Wildman–Crippen LogP) is 3.94. The summed E-state index contributed by atoms with van der Waals surface area (Å²) in [4.78, 5) is 5.76. The van der Waals surface area contributed by atoms with Crippen molar-refractivity contribution < 1.29 is 4.74 Å². The Kier molecular flexibility index (Phi) is 3.87. The molecule has 1 atom stereocenters. The molecule has 96 valence electrons. The number of nitrogens with one attached hydrogen (secondary N) is 1. The molecule has 0 aliphatic rings. The number of rotatable bonds is 4. The molecule has 4 heteroatoms. The van der Waals surface area contributed by atoms with Crippen molar-refractivity contribution in [2.24, 2.45) is 0 Å². The molecule has 0 saturated heterocycles. The molecule has 3 nitrogen and oxygen atoms in total. The zero-order valence-electron chi connectivity index (χ0n) is 11.2. The van der Waals surface area contributed by atoms with Crippen LogP contribution in [-0.4, -0.2) is 12.1 Å². The van der Waals surface area contributed by atoms with Gasteiger partial charge in [-0.25, -0.2) is 4.98 Å². The van der Waals surface area contributed by atoms with Gasteiger partial charge in [0.1, 0.15) is 5.75 Å². The summed E-state index contributed by atoms with van der Waals surface area (Å²) in [5, 5.41) is 4.40. The van der Waals surface area contributed by atoms with Crippen molar-refractivity contribution in [3.63, 3.8) is 0 Å². The maximum Gasteiger partial charge on any atom is 0.183 e. The van der Waals surface area contributed by atoms with Crippen LogP contribution >= 0.6 is 11.3 Å². The number of hydrogen-bond donors (Lipinski definition) is 1. The molecule has 1 heterocycles. The van der Waals surface area contributed by atoms with Crippen molar-refractivity contribution in [1.82, 2.24) is 4.98 Å². The molecular formula is C14H18N2OS. The SMILES string of the molecule is COc1ccc(C(C)Nc2nc(C)c(C)s2)cc1. The molecular weight excluding hydrogens is 244 g/mol. The number of anilines is 1. The number of thiazole rings is 1. The highest BCUT2D eigenvalue weighted by Crippen LogP contribution is 2.26. The highest BCUT2D eigenvalue weighted by molar-refractivity contribution is 7.15. The maximum absolute atomic E-state index is 5.16. The molecule has 0 saturated carbocycles. The molecule has 1 aromatic carbocycles. The van der Waals surface area contributed by atoms with Crippen LogP contribution in [0.25, 0.3) is 0 Å². The van der Waals surface area contributed by atoms with Gasteiger partial charge in [0.05, 0.1) is 18.8 Å². The summed E-state index contributed by atoms with van der Waals surface area (Å²) in [5.41, 5.74) is 2.32. The topological polar surface area (TPSA) is 34.1 Å². The lowest BCUT2D eigenvalue weighted by atomic mass is 10.1. The van der Waals surface area contributed by atoms with Crippen molar-refractivity contribution in [3.05, 3.63) is 40.4 Å². The molecule has 0 spiro atoms. The molecule has 2 aromatic rings. The van der Waals surface area contributed by atoms with Crippen LogP contribution < -0.4 is 10.1 Å². The fourth-order valence-electron chi connectivity index (χ4n) is 1.70. The van der Waals surface area contributed by atoms with Crippen molar-refractivity contribution in [2.45, 2.75) is 26.8 Å². The van der Waals surface area contributed by atoms with E-state index in [9.17, 15) is 0 Å². The minimum Gasteiger partial charge on any atom is -0.497 e. The average molecular weight is 262 g/mol. The fraction of sp³-hybridized carbons (Fsp3) is 0.357. The van der Waals surface area contributed by atoms with E-state index < -0.39 is 0 Å². The van der Waals surface area contributed by atoms with Crippen LogP contribution in [0.4, 0.5) is 5.13 Å². The van der Waals surface area contributed by atoms with Crippen LogP contribution in [0, 0.1) is 13.8 Å². The van der Waals surface area contributed by atoms with Gasteiger partial charge in [-0.05, 0) is 38.5 Å². The van der Waals surface area contributed by atoms with Crippen molar-refractivity contribution in [2.75, 3.05) is 12.4 Å². The van der Waals surface area contributed by atoms with E-state index >= 15 is 0 Å². The van der Waals surface area contributed by atoms with E-state index in [2.05, 4.69) is 36.3 Å². The third-order valence-electron chi connectivity index (χ3n) is 2.98. The smallest absolute Gasteiger partial charge is 0.183 e. The number of aromatic nitrogens is 1. The zero-order valence-corrected chi connectivity index (χ0v) is 12.0. The lowest BCUT2D eigenvalue weighted by Crippen LogP contribution is -2.06. The summed E-state index contributed by atoms with van der Waals surface area (Å²) in [6.07, 6.45) is 0. The minimum absolute atomic E-state index is 0.237. The first-order valence-corrected chi connectivity index (χ1v) is 6.76. The van der Waals surface area contributed by atoms with Gasteiger partial charge in [0, 0.05) is 4.88 Å². The Bertz CT molecular complexity index is 500. The molecule has 1 N–H and O–H groups in total. The van der Waals surface area contributed by atoms with Gasteiger partial charge in [0.15, 0.2) is 5.13 Å². The molecule has 0 aliphatic carbocycles. The summed E-state index contributed by atoms with van der Waals surface area (Å²) in [5.74, 6) is 0.881. The van der Waals surface area contributed by atoms with E-state index in [-0.39, 0.29) is 6.04 Å². The third kappa shape index (κ3) is 2.82. The molecule has 2 rings (SSSR count). The first kappa shape index (κ1) is 12.9. The number of benzene rings is 1. The van der Waals surface area contributed by atoms with Crippen LogP contribution in [0.2, 0.25) is 0 Å². The van der Waals surface area contributed by atoms with Crippen molar-refractivity contribution in [1.29, 1.82) is 0 Å². The summed E-state index contributed by atoms with van der Waals surface area (Å²) >= 11 is 1.70. The van der Waals surface area contributed by atoms with E-state index in [1.807, 2.05) is 19.1 Å². The van der Waals surface area contributed by atoms with Gasteiger partial charge in [-0.15, -0.1) is 11.3 Å². The van der Waals surface area contributed by atoms with Gasteiger partial charge in [-0.3, -0.25) is 0 Å². The van der Waals surface area contributed by atoms with Crippen LogP contribution in [0.3, 0.4) is 0 Å². The Balaban J connectivity index is 2.08. The lowest BCUT2D eigenvalue weighted by molar-refractivity contribution is 0.414. The van der Waals surface area contributed by atoms with Gasteiger partial charge < -0.3 is 10.1 Å². The zero-order chi connectivity index (χ0) is 13.1. The first-order valence-electron chi connectivity index (χ1n) is 5.94. The minimum atomic E-state index is 0.237. The van der Waals surface area contributed by atoms with E-state index in [1.165, 1.54) is 10.4 Å². The van der Waals surface area contributed by atoms with Crippen LogP contribution in [0.5, 0.6) is 5.75 Å². The number of methoxy groups -OCH3 is 1. The van der Waals surface area contributed by atoms with Gasteiger partial charge >= 0.3 is 0 Å². The van der Waals surface area contributed by atoms with Crippen LogP contribution in [0.15, 0.2) is 24.3 Å². The number of aryl methyl sites for hydroxylation is 2. The summed E-state index contributed by atoms with van der Waals surface area (Å²) in [6.45, 7) is 6.26. The van der Waals surface area contributed by atoms with Gasteiger partial charge in [0.2, 0.25) is 0 Å². The number of ether oxygens (including phenoxy) is 1. The van der Waals surface area contributed by atoms with E-state index in [0.29, 0.717) is 0 Å². The second-order valence-corrected chi connectivity index (χ2v) is 5.50. The molecule has 0 aliphatic heterocycles. The molecule has 0 fully saturated rings. The van der Waals surface area contributed by atoms with Gasteiger partial charge in [-0.1, -0.05) is 12.1 Å². The molecule has 1 unspecified atom stereocenters. The number of nitrogens with zero attached hydrogens (tertiary/aromatic N) is 1.